The Morgan fingerprint density at radius 1 is 1.02 bits per heavy atom. The summed E-state index contributed by atoms with van der Waals surface area (Å²) in [5, 5.41) is 19.7. The summed E-state index contributed by atoms with van der Waals surface area (Å²) in [6.07, 6.45) is 4.77. The van der Waals surface area contributed by atoms with Gasteiger partial charge < -0.3 is 43.4 Å². The van der Waals surface area contributed by atoms with Gasteiger partial charge in [0.1, 0.15) is 29.3 Å². The Kier molecular flexibility index (Phi) is 12.7. The number of aromatic carboxylic acids is 1. The zero-order valence-corrected chi connectivity index (χ0v) is 25.1. The van der Waals surface area contributed by atoms with E-state index in [2.05, 4.69) is 0 Å². The lowest BCUT2D eigenvalue weighted by Gasteiger charge is -2.24. The average Bonchev–Trinajstić information content (AvgIpc) is 3.28. The number of carboxylic acids is 1. The van der Waals surface area contributed by atoms with E-state index in [4.69, 9.17) is 33.2 Å². The fraction of sp³-hybridized carbons (Fsp3) is 0.438. The summed E-state index contributed by atoms with van der Waals surface area (Å²) in [6.45, 7) is 4.98. The number of carbonyl (C=O) groups is 2. The van der Waals surface area contributed by atoms with E-state index < -0.39 is 42.1 Å². The monoisotopic (exact) mass is 600 g/mol. The first kappa shape index (κ1) is 33.8. The van der Waals surface area contributed by atoms with Crippen LogP contribution in [0.25, 0.3) is 6.08 Å². The molecule has 0 saturated carbocycles. The Labute approximate surface area is 251 Å². The van der Waals surface area contributed by atoms with Gasteiger partial charge in [0.25, 0.3) is 0 Å². The Balaban J connectivity index is 1.90. The normalized spacial score (nSPS) is 19.4. The quantitative estimate of drug-likeness (QED) is 0.156. The van der Waals surface area contributed by atoms with Gasteiger partial charge in [-0.3, -0.25) is 0 Å². The fourth-order valence-electron chi connectivity index (χ4n) is 4.46. The van der Waals surface area contributed by atoms with E-state index in [0.29, 0.717) is 23.3 Å². The number of aliphatic hydroxyl groups is 1. The third-order valence-corrected chi connectivity index (χ3v) is 6.26. The summed E-state index contributed by atoms with van der Waals surface area (Å²) in [5.41, 5.74) is 0.634. The number of methoxy groups -OCH3 is 2. The van der Waals surface area contributed by atoms with Crippen molar-refractivity contribution in [3.05, 3.63) is 77.4 Å². The van der Waals surface area contributed by atoms with Gasteiger partial charge in [-0.25, -0.2) is 9.59 Å². The smallest absolute Gasteiger partial charge is 0.340 e. The van der Waals surface area contributed by atoms with Crippen LogP contribution in [0, 0.1) is 0 Å². The van der Waals surface area contributed by atoms with Gasteiger partial charge in [-0.2, -0.15) is 0 Å². The van der Waals surface area contributed by atoms with E-state index in [1.807, 2.05) is 0 Å². The maximum Gasteiger partial charge on any atom is 0.340 e. The summed E-state index contributed by atoms with van der Waals surface area (Å²) in [4.78, 5) is 25.2. The highest BCUT2D eigenvalue weighted by molar-refractivity contribution is 5.95. The largest absolute Gasteiger partial charge is 0.478 e. The molecule has 1 heterocycles. The van der Waals surface area contributed by atoms with Crippen molar-refractivity contribution in [1.82, 2.24) is 0 Å². The molecule has 4 atom stereocenters. The minimum atomic E-state index is -1.19. The molecule has 3 rings (SSSR count). The molecular formula is C32H40O11. The second kappa shape index (κ2) is 16.2. The van der Waals surface area contributed by atoms with Gasteiger partial charge in [-0.15, -0.1) is 0 Å². The van der Waals surface area contributed by atoms with Crippen LogP contribution in [0.2, 0.25) is 0 Å². The average molecular weight is 601 g/mol. The van der Waals surface area contributed by atoms with Gasteiger partial charge in [0.15, 0.2) is 19.4 Å². The highest BCUT2D eigenvalue weighted by atomic mass is 16.8. The molecule has 2 aromatic carbocycles. The van der Waals surface area contributed by atoms with Gasteiger partial charge in [0.05, 0.1) is 17.8 Å². The van der Waals surface area contributed by atoms with Crippen LogP contribution in [0.3, 0.4) is 0 Å². The topological polar surface area (TPSA) is 139 Å². The molecule has 0 amide bonds. The third kappa shape index (κ3) is 10.2. The first-order chi connectivity index (χ1) is 20.5. The van der Waals surface area contributed by atoms with Gasteiger partial charge in [-0.05, 0) is 63.5 Å². The lowest BCUT2D eigenvalue weighted by Crippen LogP contribution is -2.37. The Bertz CT molecular complexity index is 1250. The van der Waals surface area contributed by atoms with Crippen molar-refractivity contribution >= 4 is 18.0 Å². The molecule has 1 aliphatic heterocycles. The lowest BCUT2D eigenvalue weighted by molar-refractivity contribution is -0.152. The van der Waals surface area contributed by atoms with E-state index in [9.17, 15) is 19.8 Å². The third-order valence-electron chi connectivity index (χ3n) is 6.26. The van der Waals surface area contributed by atoms with E-state index in [1.54, 1.807) is 81.5 Å². The maximum atomic E-state index is 13.0. The molecule has 0 radical (unpaired) electrons. The fourth-order valence-corrected chi connectivity index (χ4v) is 4.46. The molecule has 1 aliphatic rings. The van der Waals surface area contributed by atoms with Crippen molar-refractivity contribution in [2.75, 3.05) is 27.8 Å². The maximum absolute atomic E-state index is 13.0. The highest BCUT2D eigenvalue weighted by Gasteiger charge is 2.45. The SMILES string of the molecule is COCOc1cc(C=CCC2OC(C)(C)OC2C(C=CC[C@@H](C)O)OC(=O)c2ccccc2)c(C(=O)O)c(OCOC)c1. The molecule has 2 N–H and O–H groups in total. The molecule has 11 heteroatoms. The van der Waals surface area contributed by atoms with E-state index in [0.717, 1.165) is 0 Å². The molecule has 1 fully saturated rings. The van der Waals surface area contributed by atoms with E-state index >= 15 is 0 Å². The Morgan fingerprint density at radius 3 is 2.37 bits per heavy atom. The van der Waals surface area contributed by atoms with Gasteiger partial charge in [0, 0.05) is 20.3 Å². The number of rotatable bonds is 16. The minimum Gasteiger partial charge on any atom is -0.478 e. The summed E-state index contributed by atoms with van der Waals surface area (Å²) in [7, 11) is 2.90. The van der Waals surface area contributed by atoms with Gasteiger partial charge >= 0.3 is 11.9 Å². The first-order valence-electron chi connectivity index (χ1n) is 13.8. The zero-order chi connectivity index (χ0) is 31.4. The van der Waals surface area contributed by atoms with Crippen LogP contribution in [-0.4, -0.2) is 80.2 Å². The predicted molar refractivity (Wildman–Crippen MR) is 157 cm³/mol. The van der Waals surface area contributed by atoms with Crippen molar-refractivity contribution in [1.29, 1.82) is 0 Å². The molecule has 43 heavy (non-hydrogen) atoms. The van der Waals surface area contributed by atoms with Crippen LogP contribution in [0.5, 0.6) is 11.5 Å². The van der Waals surface area contributed by atoms with E-state index in [1.165, 1.54) is 20.3 Å². The van der Waals surface area contributed by atoms with Crippen LogP contribution < -0.4 is 9.47 Å². The van der Waals surface area contributed by atoms with Crippen LogP contribution in [-0.2, 0) is 23.7 Å². The Morgan fingerprint density at radius 2 is 1.72 bits per heavy atom. The molecule has 2 aromatic rings. The van der Waals surface area contributed by atoms with Crippen LogP contribution in [0.15, 0.2) is 60.7 Å². The molecule has 0 aliphatic carbocycles. The number of hydrogen-bond acceptors (Lipinski definition) is 10. The van der Waals surface area contributed by atoms with Crippen LogP contribution in [0.4, 0.5) is 0 Å². The Hall–Kier alpha value is -3.74. The van der Waals surface area contributed by atoms with Crippen molar-refractivity contribution < 1.29 is 53.0 Å². The van der Waals surface area contributed by atoms with Crippen LogP contribution in [0.1, 0.15) is 59.9 Å². The molecule has 11 nitrogen and oxygen atoms in total. The lowest BCUT2D eigenvalue weighted by atomic mass is 10.0. The molecule has 0 spiro atoms. The van der Waals surface area contributed by atoms with Crippen molar-refractivity contribution in [2.24, 2.45) is 0 Å². The minimum absolute atomic E-state index is 0.0467. The standard InChI is InChI=1S/C32H40O11/c1-21(33)11-9-15-25(41-31(36)22-12-7-6-8-13-22)29-26(42-32(2,3)43-29)16-10-14-23-17-24(39-19-37-4)18-27(40-20-38-5)28(23)30(34)35/h6-10,12-15,17-18,21,25-26,29,33H,11,16,19-20H2,1-5H3,(H,34,35)/t21-,25?,26?,29?/m1/s1. The van der Waals surface area contributed by atoms with Gasteiger partial charge in [-0.1, -0.05) is 36.4 Å². The summed E-state index contributed by atoms with van der Waals surface area (Å²) in [6, 6.07) is 11.6. The van der Waals surface area contributed by atoms with E-state index in [-0.39, 0.29) is 31.3 Å². The highest BCUT2D eigenvalue weighted by Crippen LogP contribution is 2.35. The number of esters is 1. The molecule has 1 saturated heterocycles. The molecular weight excluding hydrogens is 560 g/mol. The number of benzene rings is 2. The number of ether oxygens (including phenoxy) is 7. The second-order valence-electron chi connectivity index (χ2n) is 10.3. The first-order valence-corrected chi connectivity index (χ1v) is 13.8. The van der Waals surface area contributed by atoms with Gasteiger partial charge in [0.2, 0.25) is 0 Å². The van der Waals surface area contributed by atoms with Crippen LogP contribution >= 0.6 is 0 Å². The van der Waals surface area contributed by atoms with Crippen molar-refractivity contribution in [2.45, 2.75) is 63.8 Å². The molecule has 0 bridgehead atoms. The zero-order valence-electron chi connectivity index (χ0n) is 25.1. The summed E-state index contributed by atoms with van der Waals surface area (Å²) < 4.78 is 39.3. The van der Waals surface area contributed by atoms with Crippen molar-refractivity contribution in [3.63, 3.8) is 0 Å². The predicted octanol–water partition coefficient (Wildman–Crippen LogP) is 4.83. The molecule has 0 aromatic heterocycles. The summed E-state index contributed by atoms with van der Waals surface area (Å²) >= 11 is 0. The van der Waals surface area contributed by atoms with Crippen molar-refractivity contribution in [3.8, 4) is 11.5 Å². The molecule has 234 valence electrons. The molecule has 3 unspecified atom stereocenters. The number of hydrogen-bond donors (Lipinski definition) is 2. The number of aliphatic hydroxyl groups excluding tert-OH is 1. The number of carbonyl (C=O) groups excluding carboxylic acids is 1. The number of carboxylic acid groups (broad SMARTS) is 1. The summed E-state index contributed by atoms with van der Waals surface area (Å²) in [5.74, 6) is -2.30. The second-order valence-corrected chi connectivity index (χ2v) is 10.3.